The molecule has 0 radical (unpaired) electrons. The molecule has 1 aliphatic heterocycles. The van der Waals surface area contributed by atoms with Crippen LogP contribution in [0.15, 0.2) is 35.7 Å². The smallest absolute Gasteiger partial charge is 0.278 e. The molecule has 122 valence electrons. The summed E-state index contributed by atoms with van der Waals surface area (Å²) < 4.78 is 0. The van der Waals surface area contributed by atoms with E-state index in [0.29, 0.717) is 5.69 Å². The average molecular weight is 329 g/mol. The van der Waals surface area contributed by atoms with Gasteiger partial charge in [-0.3, -0.25) is 4.79 Å². The number of hydrogen-bond donors (Lipinski definition) is 0. The van der Waals surface area contributed by atoms with Crippen molar-refractivity contribution in [3.05, 3.63) is 46.4 Å². The van der Waals surface area contributed by atoms with Crippen molar-refractivity contribution in [3.8, 4) is 0 Å². The molecule has 0 spiro atoms. The number of benzene rings is 1. The van der Waals surface area contributed by atoms with E-state index in [4.69, 9.17) is 0 Å². The Kier molecular flexibility index (Phi) is 5.08. The number of piperidine rings is 1. The van der Waals surface area contributed by atoms with E-state index in [9.17, 15) is 4.79 Å². The van der Waals surface area contributed by atoms with Gasteiger partial charge in [0.05, 0.1) is 5.01 Å². The minimum atomic E-state index is 0.0236. The van der Waals surface area contributed by atoms with Gasteiger partial charge in [-0.25, -0.2) is 4.98 Å². The van der Waals surface area contributed by atoms with E-state index in [1.807, 2.05) is 47.5 Å². The molecule has 2 aromatic rings. The van der Waals surface area contributed by atoms with E-state index < -0.39 is 0 Å². The maximum atomic E-state index is 13.1. The zero-order chi connectivity index (χ0) is 16.2. The molecule has 1 saturated heterocycles. The molecule has 1 amide bonds. The summed E-state index contributed by atoms with van der Waals surface area (Å²) in [5.41, 5.74) is 1.53. The van der Waals surface area contributed by atoms with Gasteiger partial charge in [0.1, 0.15) is 5.69 Å². The monoisotopic (exact) mass is 329 g/mol. The molecule has 1 aromatic carbocycles. The lowest BCUT2D eigenvalue weighted by Crippen LogP contribution is -2.47. The molecular formula is C18H23N3OS. The molecule has 0 aliphatic carbocycles. The largest absolute Gasteiger partial charge is 0.304 e. The fourth-order valence-corrected chi connectivity index (χ4v) is 3.75. The maximum Gasteiger partial charge on any atom is 0.278 e. The highest BCUT2D eigenvalue weighted by molar-refractivity contribution is 7.09. The number of likely N-dealkylation sites (tertiary alicyclic amines) is 1. The number of nitrogens with zero attached hydrogens (tertiary/aromatic N) is 3. The Morgan fingerprint density at radius 2 is 2.00 bits per heavy atom. The fraction of sp³-hybridized carbons (Fsp3) is 0.444. The number of thiazole rings is 1. The standard InChI is InChI=1S/C18H23N3OS/c1-3-20-11-9-16(10-12-20)21(15-7-5-4-6-8-15)18(22)17-13-23-14(2)19-17/h4-8,13,16H,3,9-12H2,1-2H3. The molecular weight excluding hydrogens is 306 g/mol. The third-order valence-electron chi connectivity index (χ3n) is 4.46. The first-order chi connectivity index (χ1) is 11.2. The van der Waals surface area contributed by atoms with Crippen molar-refractivity contribution >= 4 is 22.9 Å². The van der Waals surface area contributed by atoms with Gasteiger partial charge in [-0.1, -0.05) is 25.1 Å². The van der Waals surface area contributed by atoms with Gasteiger partial charge in [-0.15, -0.1) is 11.3 Å². The van der Waals surface area contributed by atoms with Crippen molar-refractivity contribution in [2.45, 2.75) is 32.7 Å². The van der Waals surface area contributed by atoms with Crippen LogP contribution in [0.25, 0.3) is 0 Å². The normalized spacial score (nSPS) is 16.4. The van der Waals surface area contributed by atoms with Gasteiger partial charge in [-0.2, -0.15) is 0 Å². The van der Waals surface area contributed by atoms with E-state index in [1.54, 1.807) is 0 Å². The van der Waals surface area contributed by atoms with Gasteiger partial charge in [0.2, 0.25) is 0 Å². The number of aryl methyl sites for hydroxylation is 1. The van der Waals surface area contributed by atoms with E-state index in [0.717, 1.165) is 43.2 Å². The molecule has 5 heteroatoms. The predicted octanol–water partition coefficient (Wildman–Crippen LogP) is 3.58. The molecule has 4 nitrogen and oxygen atoms in total. The van der Waals surface area contributed by atoms with E-state index in [-0.39, 0.29) is 11.9 Å². The Morgan fingerprint density at radius 1 is 1.30 bits per heavy atom. The highest BCUT2D eigenvalue weighted by Gasteiger charge is 2.30. The van der Waals surface area contributed by atoms with Gasteiger partial charge in [0.15, 0.2) is 0 Å². The van der Waals surface area contributed by atoms with E-state index >= 15 is 0 Å². The Balaban J connectivity index is 1.87. The van der Waals surface area contributed by atoms with Crippen molar-refractivity contribution in [1.29, 1.82) is 0 Å². The number of rotatable bonds is 4. The second-order valence-electron chi connectivity index (χ2n) is 5.93. The molecule has 3 rings (SSSR count). The van der Waals surface area contributed by atoms with Crippen molar-refractivity contribution in [3.63, 3.8) is 0 Å². The molecule has 23 heavy (non-hydrogen) atoms. The first-order valence-corrected chi connectivity index (χ1v) is 9.10. The third-order valence-corrected chi connectivity index (χ3v) is 5.23. The number of carbonyl (C=O) groups is 1. The quantitative estimate of drug-likeness (QED) is 0.860. The molecule has 2 heterocycles. The van der Waals surface area contributed by atoms with Gasteiger partial charge in [0, 0.05) is 30.2 Å². The topological polar surface area (TPSA) is 36.4 Å². The summed E-state index contributed by atoms with van der Waals surface area (Å²) in [5.74, 6) is 0.0236. The van der Waals surface area contributed by atoms with Crippen molar-refractivity contribution in [1.82, 2.24) is 9.88 Å². The SMILES string of the molecule is CCN1CCC(N(C(=O)c2csc(C)n2)c2ccccc2)CC1. The predicted molar refractivity (Wildman–Crippen MR) is 95.2 cm³/mol. The Morgan fingerprint density at radius 3 is 2.57 bits per heavy atom. The number of para-hydroxylation sites is 1. The molecule has 1 aliphatic rings. The lowest BCUT2D eigenvalue weighted by Gasteiger charge is -2.38. The van der Waals surface area contributed by atoms with Gasteiger partial charge in [0.25, 0.3) is 5.91 Å². The highest BCUT2D eigenvalue weighted by Crippen LogP contribution is 2.26. The minimum absolute atomic E-state index is 0.0236. The molecule has 0 saturated carbocycles. The van der Waals surface area contributed by atoms with Crippen molar-refractivity contribution in [2.24, 2.45) is 0 Å². The zero-order valence-corrected chi connectivity index (χ0v) is 14.6. The van der Waals surface area contributed by atoms with Crippen LogP contribution < -0.4 is 4.90 Å². The maximum absolute atomic E-state index is 13.1. The van der Waals surface area contributed by atoms with Crippen LogP contribution in [0.2, 0.25) is 0 Å². The van der Waals surface area contributed by atoms with Gasteiger partial charge >= 0.3 is 0 Å². The number of anilines is 1. The molecule has 0 atom stereocenters. The molecule has 0 unspecified atom stereocenters. The molecule has 0 bridgehead atoms. The summed E-state index contributed by atoms with van der Waals surface area (Å²) in [6, 6.07) is 10.2. The van der Waals surface area contributed by atoms with Crippen LogP contribution in [0.5, 0.6) is 0 Å². The average Bonchev–Trinajstić information content (AvgIpc) is 3.03. The van der Waals surface area contributed by atoms with Crippen LogP contribution >= 0.6 is 11.3 Å². The van der Waals surface area contributed by atoms with Crippen molar-refractivity contribution in [2.75, 3.05) is 24.5 Å². The van der Waals surface area contributed by atoms with Gasteiger partial charge in [-0.05, 0) is 38.4 Å². The summed E-state index contributed by atoms with van der Waals surface area (Å²) >= 11 is 1.53. The second kappa shape index (κ2) is 7.23. The third kappa shape index (κ3) is 3.62. The Labute approximate surface area is 141 Å². The Hall–Kier alpha value is -1.72. The van der Waals surface area contributed by atoms with Crippen LogP contribution in [0.1, 0.15) is 35.3 Å². The second-order valence-corrected chi connectivity index (χ2v) is 6.99. The summed E-state index contributed by atoms with van der Waals surface area (Å²) in [4.78, 5) is 21.9. The van der Waals surface area contributed by atoms with Gasteiger partial charge < -0.3 is 9.80 Å². The molecule has 1 aromatic heterocycles. The number of aromatic nitrogens is 1. The summed E-state index contributed by atoms with van der Waals surface area (Å²) in [7, 11) is 0. The zero-order valence-electron chi connectivity index (χ0n) is 13.7. The number of amides is 1. The summed E-state index contributed by atoms with van der Waals surface area (Å²) in [6.07, 6.45) is 2.02. The van der Waals surface area contributed by atoms with Crippen molar-refractivity contribution < 1.29 is 4.79 Å². The first-order valence-electron chi connectivity index (χ1n) is 8.22. The van der Waals surface area contributed by atoms with Crippen LogP contribution in [0.4, 0.5) is 5.69 Å². The highest BCUT2D eigenvalue weighted by atomic mass is 32.1. The summed E-state index contributed by atoms with van der Waals surface area (Å²) in [5, 5.41) is 2.80. The van der Waals surface area contributed by atoms with E-state index in [1.165, 1.54) is 11.3 Å². The van der Waals surface area contributed by atoms with Crippen LogP contribution in [0, 0.1) is 6.92 Å². The molecule has 0 N–H and O–H groups in total. The Bertz CT molecular complexity index is 647. The minimum Gasteiger partial charge on any atom is -0.304 e. The number of carbonyl (C=O) groups excluding carboxylic acids is 1. The summed E-state index contributed by atoms with van der Waals surface area (Å²) in [6.45, 7) is 7.31. The number of hydrogen-bond acceptors (Lipinski definition) is 4. The lowest BCUT2D eigenvalue weighted by molar-refractivity contribution is 0.0957. The molecule has 1 fully saturated rings. The van der Waals surface area contributed by atoms with E-state index in [2.05, 4.69) is 16.8 Å². The lowest BCUT2D eigenvalue weighted by atomic mass is 10.0. The van der Waals surface area contributed by atoms with Crippen LogP contribution in [-0.4, -0.2) is 41.5 Å². The fourth-order valence-electron chi connectivity index (χ4n) is 3.16. The first kappa shape index (κ1) is 16.1. The van der Waals surface area contributed by atoms with Crippen LogP contribution in [-0.2, 0) is 0 Å². The van der Waals surface area contributed by atoms with Crippen LogP contribution in [0.3, 0.4) is 0 Å².